The van der Waals surface area contributed by atoms with Crippen LogP contribution in [0.4, 0.5) is 0 Å². The standard InChI is InChI=1S/2BrH.2Ni/h2*1H;;/q;;;+2/p-2. The molecule has 0 nitrogen and oxygen atoms in total. The summed E-state index contributed by atoms with van der Waals surface area (Å²) in [5, 5.41) is 0. The fourth-order valence-corrected chi connectivity index (χ4v) is 0. The molecular formula is Br2Ni2. The molecule has 0 amide bonds. The van der Waals surface area contributed by atoms with Crippen molar-refractivity contribution in [2.45, 2.75) is 0 Å². The number of rotatable bonds is 0. The Labute approximate surface area is 55.4 Å². The Bertz CT molecular complexity index is 4.00. The molecule has 0 bridgehead atoms. The maximum atomic E-state index is 3.00. The van der Waals surface area contributed by atoms with Crippen LogP contribution in [0.2, 0.25) is 0 Å². The van der Waals surface area contributed by atoms with Gasteiger partial charge < -0.3 is 0 Å². The summed E-state index contributed by atoms with van der Waals surface area (Å²) in [6.07, 6.45) is 0. The van der Waals surface area contributed by atoms with Crippen LogP contribution in [0.5, 0.6) is 0 Å². The van der Waals surface area contributed by atoms with Gasteiger partial charge in [0.2, 0.25) is 0 Å². The predicted molar refractivity (Wildman–Crippen MR) is 17.9 cm³/mol. The molecule has 0 aliphatic heterocycles. The van der Waals surface area contributed by atoms with E-state index in [2.05, 4.69) is 28.5 Å². The first-order valence-electron chi connectivity index (χ1n) is 0.239. The van der Waals surface area contributed by atoms with Gasteiger partial charge in [-0.25, -0.2) is 0 Å². The molecule has 0 spiro atoms. The van der Waals surface area contributed by atoms with Crippen molar-refractivity contribution in [1.29, 1.82) is 0 Å². The van der Waals surface area contributed by atoms with Gasteiger partial charge in [-0.15, -0.1) is 0 Å². The van der Waals surface area contributed by atoms with Gasteiger partial charge in [0, 0.05) is 16.5 Å². The van der Waals surface area contributed by atoms with Crippen molar-refractivity contribution in [2.24, 2.45) is 0 Å². The minimum atomic E-state index is 0. The predicted octanol–water partition coefficient (Wildman–Crippen LogP) is 1.69. The Hall–Kier alpha value is 1.95. The van der Waals surface area contributed by atoms with Crippen LogP contribution in [0, 0.1) is 0 Å². The van der Waals surface area contributed by atoms with Gasteiger partial charge in [-0.1, -0.05) is 0 Å². The fourth-order valence-electron chi connectivity index (χ4n) is 0. The first kappa shape index (κ1) is 9.34. The Balaban J connectivity index is 0. The van der Waals surface area contributed by atoms with Crippen molar-refractivity contribution in [3.8, 4) is 0 Å². The maximum Gasteiger partial charge on any atom is 0 e. The van der Waals surface area contributed by atoms with Crippen molar-refractivity contribution in [3.05, 3.63) is 0 Å². The molecule has 0 radical (unpaired) electrons. The third kappa shape index (κ3) is 9.04. The summed E-state index contributed by atoms with van der Waals surface area (Å²) < 4.78 is 0. The summed E-state index contributed by atoms with van der Waals surface area (Å²) >= 11 is 6.00. The van der Waals surface area contributed by atoms with E-state index in [1.165, 1.54) is 10.9 Å². The van der Waals surface area contributed by atoms with Crippen molar-refractivity contribution < 1.29 is 27.4 Å². The first-order valence-corrected chi connectivity index (χ1v) is 5.12. The molecule has 0 heterocycles. The van der Waals surface area contributed by atoms with E-state index in [1.807, 2.05) is 0 Å². The average molecular weight is 277 g/mol. The number of halogens is 2. The third-order valence-corrected chi connectivity index (χ3v) is 0. The molecular weight excluding hydrogens is 277 g/mol. The van der Waals surface area contributed by atoms with E-state index in [1.54, 1.807) is 0 Å². The summed E-state index contributed by atoms with van der Waals surface area (Å²) in [6.45, 7) is 0. The van der Waals surface area contributed by atoms with Gasteiger partial charge in [0.25, 0.3) is 0 Å². The molecule has 4 heavy (non-hydrogen) atoms. The molecule has 0 aromatic rings. The van der Waals surface area contributed by atoms with E-state index >= 15 is 0 Å². The van der Waals surface area contributed by atoms with Gasteiger partial charge in [0.15, 0.2) is 0 Å². The van der Waals surface area contributed by atoms with Gasteiger partial charge in [-0.2, -0.15) is 0 Å². The van der Waals surface area contributed by atoms with E-state index in [-0.39, 0.29) is 16.5 Å². The van der Waals surface area contributed by atoms with Crippen LogP contribution in [-0.4, -0.2) is 0 Å². The molecule has 0 aromatic carbocycles. The molecule has 0 fully saturated rings. The van der Waals surface area contributed by atoms with E-state index < -0.39 is 0 Å². The number of hydrogen-bond donors (Lipinski definition) is 0. The monoisotopic (exact) mass is 274 g/mol. The molecule has 0 N–H and O–H groups in total. The number of hydrogen-bond acceptors (Lipinski definition) is 0. The molecule has 0 atom stereocenters. The summed E-state index contributed by atoms with van der Waals surface area (Å²) in [5.41, 5.74) is 0. The second-order valence-corrected chi connectivity index (χ2v) is 5.03. The quantitative estimate of drug-likeness (QED) is 0.591. The van der Waals surface area contributed by atoms with Gasteiger partial charge in [0.05, 0.1) is 0 Å². The van der Waals surface area contributed by atoms with Crippen LogP contribution in [0.25, 0.3) is 0 Å². The van der Waals surface area contributed by atoms with Gasteiger partial charge in [-0.05, 0) is 0 Å². The summed E-state index contributed by atoms with van der Waals surface area (Å²) in [4.78, 5) is 0. The zero-order chi connectivity index (χ0) is 2.71. The van der Waals surface area contributed by atoms with Gasteiger partial charge in [-0.3, -0.25) is 0 Å². The van der Waals surface area contributed by atoms with Crippen molar-refractivity contribution in [1.82, 2.24) is 0 Å². The minimum absolute atomic E-state index is 0. The molecule has 0 saturated heterocycles. The van der Waals surface area contributed by atoms with Crippen LogP contribution in [0.15, 0.2) is 0 Å². The van der Waals surface area contributed by atoms with Crippen LogP contribution in [0.1, 0.15) is 0 Å². The zero-order valence-corrected chi connectivity index (χ0v) is 6.54. The minimum Gasteiger partial charge on any atom is 0 e. The van der Waals surface area contributed by atoms with Crippen molar-refractivity contribution in [3.63, 3.8) is 0 Å². The van der Waals surface area contributed by atoms with Crippen molar-refractivity contribution >= 4 is 28.5 Å². The van der Waals surface area contributed by atoms with E-state index in [4.69, 9.17) is 0 Å². The Morgan fingerprint density at radius 1 is 1.25 bits per heavy atom. The molecule has 0 saturated carbocycles. The Morgan fingerprint density at radius 2 is 1.25 bits per heavy atom. The normalized spacial score (nSPS) is 5.50. The molecule has 4 heteroatoms. The summed E-state index contributed by atoms with van der Waals surface area (Å²) in [7, 11) is 1.25. The zero-order valence-electron chi connectivity index (χ0n) is 1.39. The molecule has 0 aromatic heterocycles. The first-order chi connectivity index (χ1) is 1.41. The van der Waals surface area contributed by atoms with Crippen LogP contribution >= 0.6 is 28.5 Å². The smallest absolute Gasteiger partial charge is 0 e. The van der Waals surface area contributed by atoms with Crippen LogP contribution in [-0.2, 0) is 27.4 Å². The SMILES string of the molecule is [Br][Ni][Br].[Ni]. The Kier molecular flexibility index (Phi) is 20.7. The molecule has 0 rings (SSSR count). The largest absolute Gasteiger partial charge is 0 e. The fraction of sp³-hybridized carbons (Fsp3) is 0. The third-order valence-electron chi connectivity index (χ3n) is 0. The topological polar surface area (TPSA) is 0 Å². The summed E-state index contributed by atoms with van der Waals surface area (Å²) in [5.74, 6) is 0. The summed E-state index contributed by atoms with van der Waals surface area (Å²) in [6, 6.07) is 0. The van der Waals surface area contributed by atoms with Crippen LogP contribution in [0.3, 0.4) is 0 Å². The average Bonchev–Trinajstić information content (AvgIpc) is 0.918. The maximum absolute atomic E-state index is 3.00. The molecule has 0 unspecified atom stereocenters. The van der Waals surface area contributed by atoms with E-state index in [0.29, 0.717) is 0 Å². The molecule has 34 valence electrons. The van der Waals surface area contributed by atoms with Crippen molar-refractivity contribution in [2.75, 3.05) is 0 Å². The Morgan fingerprint density at radius 3 is 1.25 bits per heavy atom. The van der Waals surface area contributed by atoms with Gasteiger partial charge >= 0.3 is 39.3 Å². The second kappa shape index (κ2) is 8.87. The van der Waals surface area contributed by atoms with E-state index in [0.717, 1.165) is 0 Å². The second-order valence-electron chi connectivity index (χ2n) is 0.0452. The van der Waals surface area contributed by atoms with Gasteiger partial charge in [0.1, 0.15) is 0 Å². The van der Waals surface area contributed by atoms with Crippen LogP contribution < -0.4 is 0 Å². The van der Waals surface area contributed by atoms with E-state index in [9.17, 15) is 0 Å². The molecule has 0 aliphatic carbocycles. The molecule has 0 aliphatic rings.